The Morgan fingerprint density at radius 1 is 0.660 bits per heavy atom. The SMILES string of the molecule is CC1=C(C)N(c2c(C)cc(C)cc2C)C(=C2C(=Cc3cccs3)CCCC2P(C2CCCCC2)C2CCCCC2)N1c1c(C)cc(C)cc1C.[Cl][Ru][Cl]. The van der Waals surface area contributed by atoms with E-state index < -0.39 is 0 Å². The van der Waals surface area contributed by atoms with Crippen LogP contribution in [0.5, 0.6) is 0 Å². The average Bonchev–Trinajstić information content (AvgIpc) is 3.72. The van der Waals surface area contributed by atoms with E-state index in [1.54, 1.807) is 11.1 Å². The van der Waals surface area contributed by atoms with E-state index in [4.69, 9.17) is 19.4 Å². The summed E-state index contributed by atoms with van der Waals surface area (Å²) in [6.07, 6.45) is 20.9. The molecule has 0 amide bonds. The van der Waals surface area contributed by atoms with Crippen LogP contribution in [0.25, 0.3) is 6.08 Å². The average molecular weight is 877 g/mol. The van der Waals surface area contributed by atoms with Crippen molar-refractivity contribution in [2.24, 2.45) is 0 Å². The minimum absolute atomic E-state index is 0.173. The molecular formula is C46H61Cl2N2PRuS. The van der Waals surface area contributed by atoms with Crippen LogP contribution >= 0.6 is 38.6 Å². The molecule has 1 unspecified atom stereocenters. The normalized spacial score (nSPS) is 21.3. The molecule has 7 rings (SSSR count). The molecule has 1 aliphatic heterocycles. The summed E-state index contributed by atoms with van der Waals surface area (Å²) in [7, 11) is 9.53. The molecule has 1 atom stereocenters. The minimum atomic E-state index is -0.346. The van der Waals surface area contributed by atoms with Crippen LogP contribution in [0.1, 0.15) is 136 Å². The molecule has 3 saturated carbocycles. The van der Waals surface area contributed by atoms with Crippen LogP contribution in [-0.2, 0) is 15.1 Å². The molecule has 2 aromatic carbocycles. The first kappa shape index (κ1) is 41.2. The van der Waals surface area contributed by atoms with Gasteiger partial charge in [-0.15, -0.1) is 11.3 Å². The fraction of sp³-hybridized carbons (Fsp3) is 0.522. The van der Waals surface area contributed by atoms with E-state index in [1.165, 1.54) is 150 Å². The Labute approximate surface area is 342 Å². The van der Waals surface area contributed by atoms with E-state index in [0.717, 1.165) is 11.3 Å². The maximum absolute atomic E-state index is 4.85. The molecule has 0 spiro atoms. The summed E-state index contributed by atoms with van der Waals surface area (Å²) in [6, 6.07) is 14.2. The Bertz CT molecular complexity index is 1690. The van der Waals surface area contributed by atoms with Gasteiger partial charge in [-0.25, -0.2) is 0 Å². The summed E-state index contributed by atoms with van der Waals surface area (Å²) >= 11 is 1.56. The Kier molecular flexibility index (Phi) is 14.5. The van der Waals surface area contributed by atoms with Gasteiger partial charge < -0.3 is 0 Å². The first-order valence-corrected chi connectivity index (χ1v) is 27.0. The quantitative estimate of drug-likeness (QED) is 0.180. The van der Waals surface area contributed by atoms with Crippen LogP contribution in [0.3, 0.4) is 0 Å². The summed E-state index contributed by atoms with van der Waals surface area (Å²) in [5.74, 6) is 1.46. The molecule has 0 saturated heterocycles. The molecule has 1 aromatic heterocycles. The van der Waals surface area contributed by atoms with E-state index >= 15 is 0 Å². The number of allylic oxidation sites excluding steroid dienone is 4. The number of nitrogens with zero attached hydrogens (tertiary/aromatic N) is 2. The van der Waals surface area contributed by atoms with Gasteiger partial charge in [0, 0.05) is 27.5 Å². The van der Waals surface area contributed by atoms with Gasteiger partial charge >= 0.3 is 34.5 Å². The molecule has 2 heterocycles. The molecule has 3 aromatic rings. The molecule has 0 bridgehead atoms. The van der Waals surface area contributed by atoms with E-state index in [1.807, 2.05) is 11.3 Å². The van der Waals surface area contributed by atoms with Crippen molar-refractivity contribution in [3.05, 3.63) is 108 Å². The summed E-state index contributed by atoms with van der Waals surface area (Å²) in [5.41, 5.74) is 19.5. The molecule has 7 heteroatoms. The van der Waals surface area contributed by atoms with Crippen molar-refractivity contribution in [2.45, 2.75) is 156 Å². The van der Waals surface area contributed by atoms with Crippen molar-refractivity contribution < 1.29 is 15.1 Å². The number of aryl methyl sites for hydroxylation is 6. The van der Waals surface area contributed by atoms with Crippen molar-refractivity contribution in [1.82, 2.24) is 0 Å². The first-order chi connectivity index (χ1) is 25.5. The fourth-order valence-corrected chi connectivity index (χ4v) is 15.7. The zero-order valence-electron chi connectivity index (χ0n) is 33.4. The topological polar surface area (TPSA) is 6.48 Å². The monoisotopic (exact) mass is 876 g/mol. The summed E-state index contributed by atoms with van der Waals surface area (Å²) in [4.78, 5) is 6.91. The van der Waals surface area contributed by atoms with Crippen molar-refractivity contribution in [3.63, 3.8) is 0 Å². The first-order valence-electron chi connectivity index (χ1n) is 20.1. The number of hydrogen-bond donors (Lipinski definition) is 0. The summed E-state index contributed by atoms with van der Waals surface area (Å²) in [5, 5.41) is 2.26. The molecule has 3 aliphatic carbocycles. The fourth-order valence-electron chi connectivity index (χ4n) is 10.4. The molecule has 0 N–H and O–H groups in total. The predicted molar refractivity (Wildman–Crippen MR) is 234 cm³/mol. The third-order valence-electron chi connectivity index (χ3n) is 12.4. The third kappa shape index (κ3) is 8.94. The summed E-state index contributed by atoms with van der Waals surface area (Å²) in [6.45, 7) is 18.7. The van der Waals surface area contributed by atoms with E-state index in [-0.39, 0.29) is 23.1 Å². The van der Waals surface area contributed by atoms with E-state index in [9.17, 15) is 0 Å². The van der Waals surface area contributed by atoms with E-state index in [0.29, 0.717) is 5.66 Å². The Morgan fingerprint density at radius 3 is 1.53 bits per heavy atom. The Balaban J connectivity index is 0.00000155. The molecule has 53 heavy (non-hydrogen) atoms. The number of anilines is 2. The van der Waals surface area contributed by atoms with Crippen molar-refractivity contribution in [1.29, 1.82) is 0 Å². The number of rotatable bonds is 6. The van der Waals surface area contributed by atoms with Gasteiger partial charge in [0.2, 0.25) is 0 Å². The van der Waals surface area contributed by atoms with Gasteiger partial charge in [0.15, 0.2) is 0 Å². The zero-order valence-corrected chi connectivity index (χ0v) is 38.4. The number of halogens is 2. The van der Waals surface area contributed by atoms with E-state index in [2.05, 4.69) is 113 Å². The van der Waals surface area contributed by atoms with Crippen LogP contribution in [0.15, 0.2) is 70.1 Å². The molecule has 0 radical (unpaired) electrons. The Morgan fingerprint density at radius 2 is 1.11 bits per heavy atom. The van der Waals surface area contributed by atoms with Crippen LogP contribution in [0, 0.1) is 41.5 Å². The van der Waals surface area contributed by atoms with Crippen LogP contribution in [0.2, 0.25) is 0 Å². The zero-order chi connectivity index (χ0) is 37.8. The molecule has 3 fully saturated rings. The van der Waals surface area contributed by atoms with Crippen LogP contribution in [-0.4, -0.2) is 17.0 Å². The van der Waals surface area contributed by atoms with Gasteiger partial charge in [-0.2, -0.15) is 0 Å². The number of thiophene rings is 1. The molecular weight excluding hydrogens is 816 g/mol. The molecule has 2 nitrogen and oxygen atoms in total. The van der Waals surface area contributed by atoms with Gasteiger partial charge in [0.05, 0.1) is 11.4 Å². The van der Waals surface area contributed by atoms with Crippen molar-refractivity contribution in [2.75, 3.05) is 9.80 Å². The third-order valence-corrected chi connectivity index (χ3v) is 17.2. The molecule has 288 valence electrons. The van der Waals surface area contributed by atoms with Gasteiger partial charge in [0.25, 0.3) is 0 Å². The standard InChI is InChI=1S/C46H61N2PS.2ClH.Ru/c1-30-25-32(3)44(33(4)26-30)47-36(7)37(8)48(45-34(5)27-31(2)28-35(45)6)46(47)43-38(29-41-22-16-24-50-41)17-15-23-42(43)49(39-18-11-9-12-19-39)40-20-13-10-14-21-40;;;/h16,22,24-29,39-40,42H,9-15,17-21,23H2,1-8H3;2*1H;/q;;;+2/p-2. The number of hydrogen-bond acceptors (Lipinski definition) is 3. The van der Waals surface area contributed by atoms with Crippen molar-refractivity contribution in [3.8, 4) is 0 Å². The van der Waals surface area contributed by atoms with Gasteiger partial charge in [-0.3, -0.25) is 9.80 Å². The Hall–Kier alpha value is -1.41. The van der Waals surface area contributed by atoms with Gasteiger partial charge in [-0.1, -0.05) is 87.9 Å². The predicted octanol–water partition coefficient (Wildman–Crippen LogP) is 15.5. The van der Waals surface area contributed by atoms with Gasteiger partial charge in [-0.05, 0) is 157 Å². The maximum atomic E-state index is 4.85. The second-order valence-corrected chi connectivity index (χ2v) is 22.8. The second-order valence-electron chi connectivity index (χ2n) is 16.2. The van der Waals surface area contributed by atoms with Crippen molar-refractivity contribution >= 4 is 56.1 Å². The summed E-state index contributed by atoms with van der Waals surface area (Å²) < 4.78 is 0. The van der Waals surface area contributed by atoms with Crippen LogP contribution in [0.4, 0.5) is 11.4 Å². The molecule has 4 aliphatic rings. The second kappa shape index (κ2) is 18.7. The number of benzene rings is 2. The van der Waals surface area contributed by atoms with Crippen LogP contribution < -0.4 is 9.80 Å². The van der Waals surface area contributed by atoms with Gasteiger partial charge in [0.1, 0.15) is 5.82 Å².